The number of fused-ring (bicyclic) bond motifs is 1. The Hall–Kier alpha value is -2.49. The molecule has 1 aliphatic rings. The van der Waals surface area contributed by atoms with Crippen LogP contribution in [0.3, 0.4) is 0 Å². The van der Waals surface area contributed by atoms with E-state index in [-0.39, 0.29) is 12.7 Å². The van der Waals surface area contributed by atoms with E-state index in [0.717, 1.165) is 16.8 Å². The van der Waals surface area contributed by atoms with Crippen molar-refractivity contribution in [2.75, 3.05) is 12.1 Å². The summed E-state index contributed by atoms with van der Waals surface area (Å²) in [7, 11) is 0. The lowest BCUT2D eigenvalue weighted by atomic mass is 9.98. The normalized spacial score (nSPS) is 12.5. The van der Waals surface area contributed by atoms with E-state index in [0.29, 0.717) is 23.0 Å². The van der Waals surface area contributed by atoms with Crippen LogP contribution in [0.2, 0.25) is 0 Å². The van der Waals surface area contributed by atoms with Gasteiger partial charge in [0.1, 0.15) is 0 Å². The molecule has 114 valence electrons. The molecule has 2 aromatic carbocycles. The molecule has 0 atom stereocenters. The Morgan fingerprint density at radius 1 is 1.14 bits per heavy atom. The van der Waals surface area contributed by atoms with Crippen LogP contribution in [0.25, 0.3) is 0 Å². The average Bonchev–Trinajstić information content (AvgIpc) is 2.97. The number of benzene rings is 2. The highest BCUT2D eigenvalue weighted by atomic mass is 16.7. The van der Waals surface area contributed by atoms with Gasteiger partial charge in [0, 0.05) is 5.69 Å². The minimum absolute atomic E-state index is 0.154. The molecule has 0 saturated carbocycles. The standard InChI is InChI=1S/C18H19NO3/c1-11(2)13-7-4-6-12(3)16(13)19-18(20)14-8-5-9-15-17(14)22-10-21-15/h4-9,11H,10H2,1-3H3,(H,19,20). The Kier molecular flexibility index (Phi) is 3.75. The van der Waals surface area contributed by atoms with Crippen LogP contribution in [0.15, 0.2) is 36.4 Å². The van der Waals surface area contributed by atoms with Gasteiger partial charge in [-0.15, -0.1) is 0 Å². The first-order valence-electron chi connectivity index (χ1n) is 7.37. The molecule has 0 aliphatic carbocycles. The molecular formula is C18H19NO3. The Bertz CT molecular complexity index is 722. The predicted octanol–water partition coefficient (Wildman–Crippen LogP) is 4.10. The molecule has 4 heteroatoms. The van der Waals surface area contributed by atoms with Gasteiger partial charge in [-0.3, -0.25) is 4.79 Å². The Balaban J connectivity index is 1.95. The maximum absolute atomic E-state index is 12.7. The van der Waals surface area contributed by atoms with Crippen molar-refractivity contribution in [1.29, 1.82) is 0 Å². The second-order valence-electron chi connectivity index (χ2n) is 5.69. The van der Waals surface area contributed by atoms with Crippen molar-refractivity contribution in [3.8, 4) is 11.5 Å². The van der Waals surface area contributed by atoms with Gasteiger partial charge in [0.25, 0.3) is 5.91 Å². The van der Waals surface area contributed by atoms with Gasteiger partial charge in [0.15, 0.2) is 11.5 Å². The number of anilines is 1. The third kappa shape index (κ3) is 2.52. The highest BCUT2D eigenvalue weighted by Crippen LogP contribution is 2.36. The fourth-order valence-corrected chi connectivity index (χ4v) is 2.63. The monoisotopic (exact) mass is 297 g/mol. The number of aryl methyl sites for hydroxylation is 1. The molecule has 1 heterocycles. The van der Waals surface area contributed by atoms with Gasteiger partial charge in [-0.25, -0.2) is 0 Å². The third-order valence-electron chi connectivity index (χ3n) is 3.81. The van der Waals surface area contributed by atoms with Crippen LogP contribution < -0.4 is 14.8 Å². The summed E-state index contributed by atoms with van der Waals surface area (Å²) in [5.74, 6) is 1.27. The smallest absolute Gasteiger partial charge is 0.259 e. The summed E-state index contributed by atoms with van der Waals surface area (Å²) >= 11 is 0. The largest absolute Gasteiger partial charge is 0.454 e. The van der Waals surface area contributed by atoms with Crippen LogP contribution >= 0.6 is 0 Å². The van der Waals surface area contributed by atoms with E-state index in [9.17, 15) is 4.79 Å². The molecule has 4 nitrogen and oxygen atoms in total. The molecule has 1 aliphatic heterocycles. The lowest BCUT2D eigenvalue weighted by Crippen LogP contribution is -2.15. The van der Waals surface area contributed by atoms with Gasteiger partial charge in [0.2, 0.25) is 6.79 Å². The minimum Gasteiger partial charge on any atom is -0.454 e. The summed E-state index contributed by atoms with van der Waals surface area (Å²) in [5.41, 5.74) is 3.54. The molecule has 1 N–H and O–H groups in total. The number of nitrogens with one attached hydrogen (secondary N) is 1. The number of hydrogen-bond acceptors (Lipinski definition) is 3. The molecule has 2 aromatic rings. The minimum atomic E-state index is -0.182. The third-order valence-corrected chi connectivity index (χ3v) is 3.81. The summed E-state index contributed by atoms with van der Waals surface area (Å²) in [5, 5.41) is 3.03. The van der Waals surface area contributed by atoms with Gasteiger partial charge < -0.3 is 14.8 Å². The first-order valence-corrected chi connectivity index (χ1v) is 7.37. The maximum Gasteiger partial charge on any atom is 0.259 e. The summed E-state index contributed by atoms with van der Waals surface area (Å²) in [6.07, 6.45) is 0. The number of carbonyl (C=O) groups is 1. The highest BCUT2D eigenvalue weighted by Gasteiger charge is 2.22. The quantitative estimate of drug-likeness (QED) is 0.928. The van der Waals surface area contributed by atoms with E-state index in [1.807, 2.05) is 25.1 Å². The summed E-state index contributed by atoms with van der Waals surface area (Å²) in [4.78, 5) is 12.7. The van der Waals surface area contributed by atoms with Gasteiger partial charge in [-0.05, 0) is 36.1 Å². The van der Waals surface area contributed by atoms with Crippen LogP contribution in [-0.4, -0.2) is 12.7 Å². The van der Waals surface area contributed by atoms with Crippen molar-refractivity contribution >= 4 is 11.6 Å². The first-order chi connectivity index (χ1) is 10.6. The van der Waals surface area contributed by atoms with Gasteiger partial charge in [0.05, 0.1) is 5.56 Å². The topological polar surface area (TPSA) is 47.6 Å². The second kappa shape index (κ2) is 5.72. The highest BCUT2D eigenvalue weighted by molar-refractivity contribution is 6.07. The predicted molar refractivity (Wildman–Crippen MR) is 85.8 cm³/mol. The number of para-hydroxylation sites is 2. The molecule has 0 saturated heterocycles. The van der Waals surface area contributed by atoms with Crippen molar-refractivity contribution in [3.63, 3.8) is 0 Å². The Morgan fingerprint density at radius 2 is 1.91 bits per heavy atom. The van der Waals surface area contributed by atoms with Crippen LogP contribution in [-0.2, 0) is 0 Å². The molecule has 0 bridgehead atoms. The fourth-order valence-electron chi connectivity index (χ4n) is 2.63. The zero-order chi connectivity index (χ0) is 15.7. The van der Waals surface area contributed by atoms with E-state index in [4.69, 9.17) is 9.47 Å². The van der Waals surface area contributed by atoms with Crippen LogP contribution in [0, 0.1) is 6.92 Å². The van der Waals surface area contributed by atoms with Crippen molar-refractivity contribution in [1.82, 2.24) is 0 Å². The maximum atomic E-state index is 12.7. The number of amides is 1. The van der Waals surface area contributed by atoms with E-state index < -0.39 is 0 Å². The van der Waals surface area contributed by atoms with Crippen molar-refractivity contribution < 1.29 is 14.3 Å². The summed E-state index contributed by atoms with van der Waals surface area (Å²) in [6, 6.07) is 11.4. The van der Waals surface area contributed by atoms with Gasteiger partial charge in [-0.1, -0.05) is 38.1 Å². The van der Waals surface area contributed by atoms with Crippen LogP contribution in [0.1, 0.15) is 41.3 Å². The van der Waals surface area contributed by atoms with Gasteiger partial charge >= 0.3 is 0 Å². The zero-order valence-electron chi connectivity index (χ0n) is 13.0. The summed E-state index contributed by atoms with van der Waals surface area (Å²) in [6.45, 7) is 6.38. The van der Waals surface area contributed by atoms with Crippen molar-refractivity contribution in [2.45, 2.75) is 26.7 Å². The molecule has 3 rings (SSSR count). The number of ether oxygens (including phenoxy) is 2. The fraction of sp³-hybridized carbons (Fsp3) is 0.278. The van der Waals surface area contributed by atoms with Crippen LogP contribution in [0.4, 0.5) is 5.69 Å². The number of hydrogen-bond donors (Lipinski definition) is 1. The number of carbonyl (C=O) groups excluding carboxylic acids is 1. The first kappa shape index (κ1) is 14.4. The lowest BCUT2D eigenvalue weighted by molar-refractivity contribution is 0.102. The average molecular weight is 297 g/mol. The summed E-state index contributed by atoms with van der Waals surface area (Å²) < 4.78 is 10.7. The lowest BCUT2D eigenvalue weighted by Gasteiger charge is -2.16. The van der Waals surface area contributed by atoms with E-state index in [1.54, 1.807) is 18.2 Å². The Labute approximate surface area is 130 Å². The van der Waals surface area contributed by atoms with Crippen molar-refractivity contribution in [3.05, 3.63) is 53.1 Å². The molecule has 22 heavy (non-hydrogen) atoms. The van der Waals surface area contributed by atoms with E-state index in [2.05, 4.69) is 19.2 Å². The number of rotatable bonds is 3. The van der Waals surface area contributed by atoms with Crippen LogP contribution in [0.5, 0.6) is 11.5 Å². The molecule has 0 unspecified atom stereocenters. The molecule has 0 spiro atoms. The SMILES string of the molecule is Cc1cccc(C(C)C)c1NC(=O)c1cccc2c1OCO2. The molecule has 1 amide bonds. The zero-order valence-corrected chi connectivity index (χ0v) is 13.0. The molecule has 0 fully saturated rings. The Morgan fingerprint density at radius 3 is 2.68 bits per heavy atom. The molecular weight excluding hydrogens is 278 g/mol. The van der Waals surface area contributed by atoms with Gasteiger partial charge in [-0.2, -0.15) is 0 Å². The van der Waals surface area contributed by atoms with E-state index in [1.165, 1.54) is 0 Å². The van der Waals surface area contributed by atoms with Crippen molar-refractivity contribution in [2.24, 2.45) is 0 Å². The molecule has 0 aromatic heterocycles. The molecule has 0 radical (unpaired) electrons. The second-order valence-corrected chi connectivity index (χ2v) is 5.69. The van der Waals surface area contributed by atoms with E-state index >= 15 is 0 Å².